The van der Waals surface area contributed by atoms with Gasteiger partial charge in [0.2, 0.25) is 5.91 Å². The van der Waals surface area contributed by atoms with Crippen molar-refractivity contribution in [1.82, 2.24) is 5.32 Å². The molecule has 6 unspecified atom stereocenters. The maximum absolute atomic E-state index is 11.3. The number of esters is 1. The van der Waals surface area contributed by atoms with Gasteiger partial charge in [0.15, 0.2) is 0 Å². The van der Waals surface area contributed by atoms with Crippen LogP contribution in [0.2, 0.25) is 0 Å². The van der Waals surface area contributed by atoms with Gasteiger partial charge in [0.05, 0.1) is 29.9 Å². The lowest BCUT2D eigenvalue weighted by Crippen LogP contribution is -2.35. The summed E-state index contributed by atoms with van der Waals surface area (Å²) in [6.07, 6.45) is 3.17. The number of nitrogens with one attached hydrogen (secondary N) is 1. The van der Waals surface area contributed by atoms with Crippen molar-refractivity contribution in [3.63, 3.8) is 0 Å². The van der Waals surface area contributed by atoms with E-state index >= 15 is 0 Å². The van der Waals surface area contributed by atoms with E-state index in [1.807, 2.05) is 48.5 Å². The Labute approximate surface area is 260 Å². The Morgan fingerprint density at radius 2 is 1.09 bits per heavy atom. The van der Waals surface area contributed by atoms with Gasteiger partial charge in [0.25, 0.3) is 0 Å². The number of rotatable bonds is 13. The number of aliphatic hydroxyl groups is 1. The molecule has 0 aliphatic carbocycles. The number of carboxylic acid groups (broad SMARTS) is 2. The molecule has 43 heavy (non-hydrogen) atoms. The van der Waals surface area contributed by atoms with Crippen molar-refractivity contribution < 1.29 is 39.2 Å². The third kappa shape index (κ3) is 38.6. The summed E-state index contributed by atoms with van der Waals surface area (Å²) >= 11 is 0. The van der Waals surface area contributed by atoms with Crippen molar-refractivity contribution in [2.45, 2.75) is 114 Å². The molecule has 4 N–H and O–H groups in total. The molecule has 0 aromatic carbocycles. The zero-order valence-corrected chi connectivity index (χ0v) is 28.4. The normalized spacial score (nSPS) is 13.3. The molecule has 0 aromatic rings. The van der Waals surface area contributed by atoms with Gasteiger partial charge in [-0.3, -0.25) is 19.2 Å². The first-order chi connectivity index (χ1) is 19.9. The number of carbonyl (C=O) groups excluding carboxylic acids is 2. The van der Waals surface area contributed by atoms with Gasteiger partial charge in [-0.05, 0) is 52.9 Å². The highest BCUT2D eigenvalue weighted by Crippen LogP contribution is 2.03. The number of carbonyl (C=O) groups is 4. The van der Waals surface area contributed by atoms with Crippen molar-refractivity contribution in [3.05, 3.63) is 12.2 Å². The molecule has 1 amide bonds. The highest BCUT2D eigenvalue weighted by molar-refractivity contribution is 5.92. The summed E-state index contributed by atoms with van der Waals surface area (Å²) in [6, 6.07) is 4.23. The van der Waals surface area contributed by atoms with Crippen molar-refractivity contribution in [2.24, 2.45) is 29.6 Å². The van der Waals surface area contributed by atoms with E-state index < -0.39 is 18.0 Å². The lowest BCUT2D eigenvalue weighted by Gasteiger charge is -2.14. The second-order valence-electron chi connectivity index (χ2n) is 10.3. The Hall–Kier alpha value is -3.44. The van der Waals surface area contributed by atoms with E-state index in [2.05, 4.69) is 24.0 Å². The average Bonchev–Trinajstić information content (AvgIpc) is 3.00. The second kappa shape index (κ2) is 33.1. The van der Waals surface area contributed by atoms with Crippen LogP contribution in [0.3, 0.4) is 0 Å². The monoisotopic (exact) mass is 613 g/mol. The van der Waals surface area contributed by atoms with Gasteiger partial charge < -0.3 is 25.4 Å². The van der Waals surface area contributed by atoms with E-state index in [0.29, 0.717) is 12.0 Å². The molecule has 0 rings (SSSR count). The summed E-state index contributed by atoms with van der Waals surface area (Å²) in [5.74, 6) is -2.12. The van der Waals surface area contributed by atoms with Crippen LogP contribution in [-0.2, 0) is 23.9 Å². The molecule has 0 saturated carbocycles. The molecular weight excluding hydrogens is 554 g/mol. The zero-order chi connectivity index (χ0) is 35.1. The number of aliphatic hydroxyl groups excluding tert-OH is 1. The summed E-state index contributed by atoms with van der Waals surface area (Å²) in [5, 5.41) is 44.5. The molecule has 6 atom stereocenters. The smallest absolute Gasteiger partial charge is 0.308 e. The number of hydrogen-bond acceptors (Lipinski definition) is 8. The van der Waals surface area contributed by atoms with Crippen molar-refractivity contribution in [3.8, 4) is 12.1 Å². The Morgan fingerprint density at radius 1 is 0.744 bits per heavy atom. The molecule has 0 saturated heterocycles. The predicted octanol–water partition coefficient (Wildman–Crippen LogP) is 5.98. The van der Waals surface area contributed by atoms with Crippen molar-refractivity contribution >= 4 is 23.8 Å². The molecule has 0 aromatic heterocycles. The topological polar surface area (TPSA) is 198 Å². The van der Waals surface area contributed by atoms with Crippen LogP contribution in [0.25, 0.3) is 0 Å². The summed E-state index contributed by atoms with van der Waals surface area (Å²) in [4.78, 5) is 42.3. The van der Waals surface area contributed by atoms with Crippen molar-refractivity contribution in [1.29, 1.82) is 10.5 Å². The maximum Gasteiger partial charge on any atom is 0.308 e. The van der Waals surface area contributed by atoms with E-state index in [1.54, 1.807) is 27.7 Å². The average molecular weight is 614 g/mol. The van der Waals surface area contributed by atoms with Gasteiger partial charge in [-0.25, -0.2) is 0 Å². The number of nitriles is 2. The molecule has 11 nitrogen and oxygen atoms in total. The van der Waals surface area contributed by atoms with Crippen molar-refractivity contribution in [2.75, 3.05) is 13.2 Å². The third-order valence-corrected chi connectivity index (χ3v) is 6.05. The molecule has 0 fully saturated rings. The fraction of sp³-hybridized carbons (Fsp3) is 0.750. The molecule has 0 aliphatic heterocycles. The van der Waals surface area contributed by atoms with Crippen LogP contribution in [0.15, 0.2) is 12.2 Å². The van der Waals surface area contributed by atoms with Crippen LogP contribution < -0.4 is 5.32 Å². The molecule has 11 heteroatoms. The minimum absolute atomic E-state index is 0.0412. The molecule has 0 heterocycles. The van der Waals surface area contributed by atoms with Gasteiger partial charge in [-0.15, -0.1) is 0 Å². The fourth-order valence-corrected chi connectivity index (χ4v) is 1.44. The predicted molar refractivity (Wildman–Crippen MR) is 169 cm³/mol. The Balaban J connectivity index is -0.000000154. The molecule has 0 aliphatic rings. The lowest BCUT2D eigenvalue weighted by molar-refractivity contribution is -0.151. The maximum atomic E-state index is 11.3. The molecule has 0 radical (unpaired) electrons. The number of amides is 1. The fourth-order valence-electron chi connectivity index (χ4n) is 1.44. The third-order valence-electron chi connectivity index (χ3n) is 6.05. The molecular formula is C32H59N3O8. The first kappa shape index (κ1) is 49.2. The van der Waals surface area contributed by atoms with Crippen LogP contribution in [-0.4, -0.2) is 58.4 Å². The second-order valence-corrected chi connectivity index (χ2v) is 10.3. The van der Waals surface area contributed by atoms with E-state index in [0.717, 1.165) is 25.7 Å². The van der Waals surface area contributed by atoms with Gasteiger partial charge in [0.1, 0.15) is 12.7 Å². The summed E-state index contributed by atoms with van der Waals surface area (Å²) in [6.45, 7) is 23.6. The number of ether oxygens (including phenoxy) is 1. The SMILES string of the molecule is C=C(C)C(=O)NCC(O)COC(=O)C(C)CC.CCC(C)C#N.CCC(C)C#N.CCC(C)C(=O)O.CCC(C)C(=O)O. The van der Waals surface area contributed by atoms with E-state index in [4.69, 9.17) is 25.5 Å². The highest BCUT2D eigenvalue weighted by Gasteiger charge is 2.15. The van der Waals surface area contributed by atoms with Crippen LogP contribution in [0.5, 0.6) is 0 Å². The zero-order valence-electron chi connectivity index (χ0n) is 28.4. The standard InChI is InChI=1S/C12H21NO4.2C5H9N.2C5H10O2/c1-5-9(4)12(16)17-7-10(14)6-13-11(15)8(2)3;2*1-3-5(2)4-6;2*1-3-4(2)5(6)7/h9-10,14H,2,5-7H2,1,3-4H3,(H,13,15);2*5H,3H2,1-2H3;2*4H,3H2,1-2H3,(H,6,7). The van der Waals surface area contributed by atoms with Crippen LogP contribution in [0.1, 0.15) is 108 Å². The highest BCUT2D eigenvalue weighted by atomic mass is 16.5. The number of hydrogen-bond donors (Lipinski definition) is 4. The van der Waals surface area contributed by atoms with Crippen LogP contribution in [0.4, 0.5) is 0 Å². The molecule has 0 spiro atoms. The first-order valence-corrected chi connectivity index (χ1v) is 14.9. The minimum atomic E-state index is -0.897. The van der Waals surface area contributed by atoms with E-state index in [-0.39, 0.29) is 54.6 Å². The quantitative estimate of drug-likeness (QED) is 0.142. The van der Waals surface area contributed by atoms with Gasteiger partial charge in [-0.1, -0.05) is 62.0 Å². The van der Waals surface area contributed by atoms with Gasteiger partial charge in [0, 0.05) is 24.0 Å². The summed E-state index contributed by atoms with van der Waals surface area (Å²) in [7, 11) is 0. The number of nitrogens with zero attached hydrogens (tertiary/aromatic N) is 2. The Bertz CT molecular complexity index is 809. The Kier molecular flexibility index (Phi) is 37.9. The first-order valence-electron chi connectivity index (χ1n) is 14.9. The molecule has 250 valence electrons. The number of carboxylic acids is 2. The largest absolute Gasteiger partial charge is 0.481 e. The lowest BCUT2D eigenvalue weighted by atomic mass is 10.1. The van der Waals surface area contributed by atoms with Crippen LogP contribution >= 0.6 is 0 Å². The number of aliphatic carboxylic acids is 2. The van der Waals surface area contributed by atoms with Gasteiger partial charge in [-0.2, -0.15) is 10.5 Å². The van der Waals surface area contributed by atoms with Crippen LogP contribution in [0, 0.1) is 52.3 Å². The Morgan fingerprint density at radius 3 is 1.28 bits per heavy atom. The summed E-state index contributed by atoms with van der Waals surface area (Å²) < 4.78 is 4.89. The van der Waals surface area contributed by atoms with Gasteiger partial charge >= 0.3 is 17.9 Å². The van der Waals surface area contributed by atoms with E-state index in [9.17, 15) is 24.3 Å². The minimum Gasteiger partial charge on any atom is -0.481 e. The van der Waals surface area contributed by atoms with E-state index in [1.165, 1.54) is 0 Å². The molecule has 0 bridgehead atoms. The summed E-state index contributed by atoms with van der Waals surface area (Å²) in [5.41, 5.74) is 0.369.